The summed E-state index contributed by atoms with van der Waals surface area (Å²) in [7, 11) is 0. The second-order valence-corrected chi connectivity index (χ2v) is 6.70. The molecule has 0 bridgehead atoms. The Kier molecular flexibility index (Phi) is 6.97. The van der Waals surface area contributed by atoms with E-state index in [2.05, 4.69) is 29.0 Å². The average Bonchev–Trinajstić information content (AvgIpc) is 2.81. The third-order valence-electron chi connectivity index (χ3n) is 5.18. The maximum absolute atomic E-state index is 12.8. The minimum absolute atomic E-state index is 0.0444. The van der Waals surface area contributed by atoms with E-state index in [4.69, 9.17) is 0 Å². The van der Waals surface area contributed by atoms with Crippen molar-refractivity contribution in [2.24, 2.45) is 5.92 Å². The molecule has 21 heavy (non-hydrogen) atoms. The number of rotatable bonds is 5. The van der Waals surface area contributed by atoms with E-state index in [1.54, 1.807) is 0 Å². The molecule has 0 radical (unpaired) electrons. The Labute approximate surface area is 130 Å². The Morgan fingerprint density at radius 3 is 2.38 bits per heavy atom. The molecule has 0 aliphatic carbocycles. The molecule has 2 rings (SSSR count). The van der Waals surface area contributed by atoms with Crippen molar-refractivity contribution in [3.05, 3.63) is 0 Å². The normalized spacial score (nSPS) is 23.1. The van der Waals surface area contributed by atoms with Crippen LogP contribution in [0.15, 0.2) is 0 Å². The van der Waals surface area contributed by atoms with Crippen molar-refractivity contribution in [1.29, 1.82) is 0 Å². The third-order valence-corrected chi connectivity index (χ3v) is 5.18. The van der Waals surface area contributed by atoms with Gasteiger partial charge in [-0.2, -0.15) is 0 Å². The minimum atomic E-state index is 0.0444. The number of likely N-dealkylation sites (tertiary alicyclic amines) is 1. The maximum Gasteiger partial charge on any atom is 0.239 e. The molecule has 4 heteroatoms. The second kappa shape index (κ2) is 8.74. The van der Waals surface area contributed by atoms with Gasteiger partial charge in [-0.15, -0.1) is 0 Å². The van der Waals surface area contributed by atoms with Gasteiger partial charge in [0.25, 0.3) is 0 Å². The van der Waals surface area contributed by atoms with Crippen LogP contribution in [-0.2, 0) is 4.79 Å². The average molecular weight is 295 g/mol. The largest absolute Gasteiger partial charge is 0.341 e. The minimum Gasteiger partial charge on any atom is -0.341 e. The fraction of sp³-hybridized carbons (Fsp3) is 0.941. The lowest BCUT2D eigenvalue weighted by molar-refractivity contribution is -0.136. The molecule has 2 aliphatic rings. The smallest absolute Gasteiger partial charge is 0.239 e. The molecule has 0 spiro atoms. The molecule has 1 N–H and O–H groups in total. The highest BCUT2D eigenvalue weighted by molar-refractivity contribution is 5.81. The lowest BCUT2D eigenvalue weighted by atomic mass is 9.97. The van der Waals surface area contributed by atoms with Crippen LogP contribution >= 0.6 is 0 Å². The van der Waals surface area contributed by atoms with Crippen molar-refractivity contribution < 1.29 is 4.79 Å². The molecule has 2 saturated heterocycles. The van der Waals surface area contributed by atoms with Crippen LogP contribution in [0.4, 0.5) is 0 Å². The summed E-state index contributed by atoms with van der Waals surface area (Å²) in [5.74, 6) is 1.11. The van der Waals surface area contributed by atoms with Gasteiger partial charge in [0, 0.05) is 19.6 Å². The topological polar surface area (TPSA) is 35.6 Å². The van der Waals surface area contributed by atoms with Gasteiger partial charge in [-0.3, -0.25) is 9.69 Å². The Hall–Kier alpha value is -0.610. The van der Waals surface area contributed by atoms with E-state index in [9.17, 15) is 4.79 Å². The first-order chi connectivity index (χ1) is 10.2. The maximum atomic E-state index is 12.8. The lowest BCUT2D eigenvalue weighted by Crippen LogP contribution is -2.49. The van der Waals surface area contributed by atoms with Crippen LogP contribution in [0.2, 0.25) is 0 Å². The van der Waals surface area contributed by atoms with Gasteiger partial charge in [-0.05, 0) is 58.2 Å². The van der Waals surface area contributed by atoms with Crippen molar-refractivity contribution in [1.82, 2.24) is 15.1 Å². The Morgan fingerprint density at radius 1 is 1.19 bits per heavy atom. The fourth-order valence-corrected chi connectivity index (χ4v) is 3.67. The number of carbonyl (C=O) groups excluding carboxylic acids is 1. The number of hydrogen-bond acceptors (Lipinski definition) is 3. The van der Waals surface area contributed by atoms with E-state index in [0.29, 0.717) is 5.91 Å². The summed E-state index contributed by atoms with van der Waals surface area (Å²) in [4.78, 5) is 17.3. The van der Waals surface area contributed by atoms with Gasteiger partial charge in [0.1, 0.15) is 0 Å². The molecule has 122 valence electrons. The van der Waals surface area contributed by atoms with Gasteiger partial charge in [-0.25, -0.2) is 0 Å². The van der Waals surface area contributed by atoms with E-state index in [-0.39, 0.29) is 6.04 Å². The van der Waals surface area contributed by atoms with Crippen molar-refractivity contribution >= 4 is 5.91 Å². The molecule has 1 atom stereocenters. The van der Waals surface area contributed by atoms with Gasteiger partial charge in [0.15, 0.2) is 0 Å². The van der Waals surface area contributed by atoms with E-state index < -0.39 is 0 Å². The van der Waals surface area contributed by atoms with Crippen molar-refractivity contribution in [3.8, 4) is 0 Å². The van der Waals surface area contributed by atoms with Gasteiger partial charge < -0.3 is 10.2 Å². The Bertz CT molecular complexity index is 307. The highest BCUT2D eigenvalue weighted by Crippen LogP contribution is 2.17. The van der Waals surface area contributed by atoms with Crippen molar-refractivity contribution in [3.63, 3.8) is 0 Å². The predicted molar refractivity (Wildman–Crippen MR) is 87.4 cm³/mol. The third kappa shape index (κ3) is 4.96. The van der Waals surface area contributed by atoms with Crippen LogP contribution in [0, 0.1) is 5.92 Å². The molecule has 0 saturated carbocycles. The highest BCUT2D eigenvalue weighted by atomic mass is 16.2. The summed E-state index contributed by atoms with van der Waals surface area (Å²) in [5, 5.41) is 3.42. The zero-order chi connectivity index (χ0) is 15.1. The van der Waals surface area contributed by atoms with Crippen molar-refractivity contribution in [2.45, 2.75) is 58.4 Å². The standard InChI is InChI=1S/C17H33N3O/c1-3-19(14-16-8-10-18-11-9-16)15(2)17(21)20-12-6-4-5-7-13-20/h15-16,18H,3-14H2,1-2H3. The summed E-state index contributed by atoms with van der Waals surface area (Å²) < 4.78 is 0. The van der Waals surface area contributed by atoms with Gasteiger partial charge in [0.2, 0.25) is 5.91 Å². The van der Waals surface area contributed by atoms with Gasteiger partial charge >= 0.3 is 0 Å². The number of likely N-dealkylation sites (N-methyl/N-ethyl adjacent to an activating group) is 1. The number of amides is 1. The zero-order valence-corrected chi connectivity index (χ0v) is 13.9. The van der Waals surface area contributed by atoms with Crippen LogP contribution in [0.25, 0.3) is 0 Å². The molecular weight excluding hydrogens is 262 g/mol. The van der Waals surface area contributed by atoms with Crippen LogP contribution in [0.3, 0.4) is 0 Å². The first kappa shape index (κ1) is 16.8. The first-order valence-corrected chi connectivity index (χ1v) is 8.96. The second-order valence-electron chi connectivity index (χ2n) is 6.70. The van der Waals surface area contributed by atoms with E-state index in [0.717, 1.165) is 45.2 Å². The van der Waals surface area contributed by atoms with Crippen LogP contribution < -0.4 is 5.32 Å². The van der Waals surface area contributed by atoms with E-state index in [1.165, 1.54) is 38.5 Å². The summed E-state index contributed by atoms with van der Waals surface area (Å²) in [5.41, 5.74) is 0. The molecule has 1 unspecified atom stereocenters. The molecule has 0 aromatic carbocycles. The monoisotopic (exact) mass is 295 g/mol. The summed E-state index contributed by atoms with van der Waals surface area (Å²) >= 11 is 0. The molecule has 4 nitrogen and oxygen atoms in total. The van der Waals surface area contributed by atoms with Crippen LogP contribution in [0.5, 0.6) is 0 Å². The summed E-state index contributed by atoms with van der Waals surface area (Å²) in [6.45, 7) is 10.6. The Balaban J connectivity index is 1.87. The van der Waals surface area contributed by atoms with E-state index >= 15 is 0 Å². The van der Waals surface area contributed by atoms with E-state index in [1.807, 2.05) is 0 Å². The summed E-state index contributed by atoms with van der Waals surface area (Å²) in [6.07, 6.45) is 7.43. The van der Waals surface area contributed by atoms with Crippen LogP contribution in [-0.4, -0.2) is 61.0 Å². The number of carbonyl (C=O) groups is 1. The number of piperidine rings is 1. The molecule has 2 aliphatic heterocycles. The van der Waals surface area contributed by atoms with Crippen molar-refractivity contribution in [2.75, 3.05) is 39.3 Å². The molecule has 0 aromatic rings. The molecule has 1 amide bonds. The molecular formula is C17H33N3O. The SMILES string of the molecule is CCN(CC1CCNCC1)C(C)C(=O)N1CCCCCC1. The number of nitrogens with zero attached hydrogens (tertiary/aromatic N) is 2. The predicted octanol–water partition coefficient (Wildman–Crippen LogP) is 2.10. The zero-order valence-electron chi connectivity index (χ0n) is 13.9. The quantitative estimate of drug-likeness (QED) is 0.844. The number of nitrogens with one attached hydrogen (secondary N) is 1. The number of hydrogen-bond donors (Lipinski definition) is 1. The molecule has 0 aromatic heterocycles. The van der Waals surface area contributed by atoms with Gasteiger partial charge in [-0.1, -0.05) is 19.8 Å². The first-order valence-electron chi connectivity index (χ1n) is 8.96. The molecule has 2 heterocycles. The van der Waals surface area contributed by atoms with Crippen LogP contribution in [0.1, 0.15) is 52.4 Å². The lowest BCUT2D eigenvalue weighted by Gasteiger charge is -2.35. The highest BCUT2D eigenvalue weighted by Gasteiger charge is 2.27. The Morgan fingerprint density at radius 2 is 1.81 bits per heavy atom. The summed E-state index contributed by atoms with van der Waals surface area (Å²) in [6, 6.07) is 0.0444. The fourth-order valence-electron chi connectivity index (χ4n) is 3.67. The molecule has 2 fully saturated rings. The van der Waals surface area contributed by atoms with Gasteiger partial charge in [0.05, 0.1) is 6.04 Å².